The third-order valence-corrected chi connectivity index (χ3v) is 3.57. The molecular formula is C17H17NO2. The molecule has 0 spiro atoms. The molecule has 1 aliphatic heterocycles. The zero-order valence-electron chi connectivity index (χ0n) is 11.7. The summed E-state index contributed by atoms with van der Waals surface area (Å²) in [4.78, 5) is 13.6. The molecule has 0 N–H and O–H groups in total. The number of carbonyl (C=O) groups is 1. The Morgan fingerprint density at radius 2 is 1.95 bits per heavy atom. The average Bonchev–Trinajstić information content (AvgIpc) is 2.74. The fourth-order valence-corrected chi connectivity index (χ4v) is 2.58. The van der Waals surface area contributed by atoms with E-state index in [4.69, 9.17) is 4.74 Å². The smallest absolute Gasteiger partial charge is 0.254 e. The van der Waals surface area contributed by atoms with Crippen LogP contribution in [-0.2, 0) is 6.54 Å². The standard InChI is InChI=1S/C17H17NO2/c1-3-20-15-6-4-5-12(10-15)13-7-8-16-14(9-13)11-18(2)17(16)19/h4-10H,3,11H2,1-2H3. The minimum atomic E-state index is 0.106. The molecule has 102 valence electrons. The molecular weight excluding hydrogens is 250 g/mol. The van der Waals surface area contributed by atoms with E-state index in [0.29, 0.717) is 13.2 Å². The van der Waals surface area contributed by atoms with Crippen LogP contribution in [0.15, 0.2) is 42.5 Å². The van der Waals surface area contributed by atoms with Crippen LogP contribution in [0.1, 0.15) is 22.8 Å². The predicted molar refractivity (Wildman–Crippen MR) is 78.8 cm³/mol. The monoisotopic (exact) mass is 267 g/mol. The van der Waals surface area contributed by atoms with Gasteiger partial charge in [-0.3, -0.25) is 4.79 Å². The summed E-state index contributed by atoms with van der Waals surface area (Å²) in [5.41, 5.74) is 4.14. The van der Waals surface area contributed by atoms with Crippen LogP contribution < -0.4 is 4.74 Å². The Kier molecular flexibility index (Phi) is 3.18. The largest absolute Gasteiger partial charge is 0.494 e. The summed E-state index contributed by atoms with van der Waals surface area (Å²) in [5, 5.41) is 0. The van der Waals surface area contributed by atoms with Gasteiger partial charge < -0.3 is 9.64 Å². The summed E-state index contributed by atoms with van der Waals surface area (Å²) >= 11 is 0. The molecule has 3 rings (SSSR count). The van der Waals surface area contributed by atoms with Crippen LogP contribution >= 0.6 is 0 Å². The first-order valence-electron chi connectivity index (χ1n) is 6.80. The van der Waals surface area contributed by atoms with Crippen molar-refractivity contribution in [2.75, 3.05) is 13.7 Å². The number of hydrogen-bond donors (Lipinski definition) is 0. The number of rotatable bonds is 3. The first-order chi connectivity index (χ1) is 9.69. The highest BCUT2D eigenvalue weighted by molar-refractivity contribution is 5.98. The Morgan fingerprint density at radius 1 is 1.15 bits per heavy atom. The van der Waals surface area contributed by atoms with E-state index in [1.54, 1.807) is 4.90 Å². The van der Waals surface area contributed by atoms with Crippen LogP contribution in [0, 0.1) is 0 Å². The summed E-state index contributed by atoms with van der Waals surface area (Å²) in [5.74, 6) is 0.980. The van der Waals surface area contributed by atoms with Gasteiger partial charge in [-0.15, -0.1) is 0 Å². The molecule has 2 aromatic carbocycles. The van der Waals surface area contributed by atoms with Crippen molar-refractivity contribution in [1.82, 2.24) is 4.90 Å². The summed E-state index contributed by atoms with van der Waals surface area (Å²) in [6.45, 7) is 3.32. The SMILES string of the molecule is CCOc1cccc(-c2ccc3c(c2)CN(C)C3=O)c1. The van der Waals surface area contributed by atoms with Crippen molar-refractivity contribution in [3.05, 3.63) is 53.6 Å². The van der Waals surface area contributed by atoms with E-state index in [9.17, 15) is 4.79 Å². The zero-order chi connectivity index (χ0) is 14.1. The van der Waals surface area contributed by atoms with Crippen LogP contribution in [0.5, 0.6) is 5.75 Å². The maximum atomic E-state index is 11.9. The highest BCUT2D eigenvalue weighted by atomic mass is 16.5. The van der Waals surface area contributed by atoms with Gasteiger partial charge in [0.15, 0.2) is 0 Å². The number of benzene rings is 2. The molecule has 1 aliphatic rings. The lowest BCUT2D eigenvalue weighted by molar-refractivity contribution is 0.0816. The molecule has 0 saturated carbocycles. The van der Waals surface area contributed by atoms with E-state index in [0.717, 1.165) is 28.0 Å². The molecule has 0 atom stereocenters. The molecule has 0 bridgehead atoms. The van der Waals surface area contributed by atoms with Gasteiger partial charge in [-0.25, -0.2) is 0 Å². The first kappa shape index (κ1) is 12.7. The van der Waals surface area contributed by atoms with Crippen LogP contribution in [0.4, 0.5) is 0 Å². The molecule has 0 fully saturated rings. The Labute approximate surface area is 118 Å². The number of ether oxygens (including phenoxy) is 1. The minimum Gasteiger partial charge on any atom is -0.494 e. The van der Waals surface area contributed by atoms with Crippen molar-refractivity contribution in [3.8, 4) is 16.9 Å². The maximum Gasteiger partial charge on any atom is 0.254 e. The van der Waals surface area contributed by atoms with E-state index < -0.39 is 0 Å². The van der Waals surface area contributed by atoms with E-state index in [1.165, 1.54) is 0 Å². The third kappa shape index (κ3) is 2.16. The lowest BCUT2D eigenvalue weighted by Gasteiger charge is -2.07. The summed E-state index contributed by atoms with van der Waals surface area (Å²) in [6.07, 6.45) is 0. The number of hydrogen-bond acceptors (Lipinski definition) is 2. The summed E-state index contributed by atoms with van der Waals surface area (Å²) in [6, 6.07) is 14.1. The fourth-order valence-electron chi connectivity index (χ4n) is 2.58. The molecule has 2 aromatic rings. The topological polar surface area (TPSA) is 29.5 Å². The molecule has 1 heterocycles. The summed E-state index contributed by atoms with van der Waals surface area (Å²) < 4.78 is 5.53. The highest BCUT2D eigenvalue weighted by Gasteiger charge is 2.24. The van der Waals surface area contributed by atoms with Gasteiger partial charge in [0.2, 0.25) is 0 Å². The molecule has 3 heteroatoms. The Hall–Kier alpha value is -2.29. The normalized spacial score (nSPS) is 13.5. The van der Waals surface area contributed by atoms with Crippen molar-refractivity contribution in [3.63, 3.8) is 0 Å². The second-order valence-electron chi connectivity index (χ2n) is 4.99. The molecule has 0 aromatic heterocycles. The van der Waals surface area contributed by atoms with E-state index in [1.807, 2.05) is 44.3 Å². The summed E-state index contributed by atoms with van der Waals surface area (Å²) in [7, 11) is 1.83. The van der Waals surface area contributed by atoms with Crippen molar-refractivity contribution in [1.29, 1.82) is 0 Å². The van der Waals surface area contributed by atoms with Gasteiger partial charge in [0, 0.05) is 19.2 Å². The number of nitrogens with zero attached hydrogens (tertiary/aromatic N) is 1. The van der Waals surface area contributed by atoms with Gasteiger partial charge in [0.1, 0.15) is 5.75 Å². The van der Waals surface area contributed by atoms with Crippen molar-refractivity contribution < 1.29 is 9.53 Å². The van der Waals surface area contributed by atoms with Gasteiger partial charge in [-0.2, -0.15) is 0 Å². The van der Waals surface area contributed by atoms with Crippen molar-refractivity contribution in [2.45, 2.75) is 13.5 Å². The van der Waals surface area contributed by atoms with Crippen molar-refractivity contribution >= 4 is 5.91 Å². The van der Waals surface area contributed by atoms with Crippen molar-refractivity contribution in [2.24, 2.45) is 0 Å². The van der Waals surface area contributed by atoms with Gasteiger partial charge in [0.05, 0.1) is 6.61 Å². The van der Waals surface area contributed by atoms with E-state index in [-0.39, 0.29) is 5.91 Å². The molecule has 0 saturated heterocycles. The average molecular weight is 267 g/mol. The van der Waals surface area contributed by atoms with E-state index >= 15 is 0 Å². The molecule has 0 aliphatic carbocycles. The van der Waals surface area contributed by atoms with Crippen LogP contribution in [0.25, 0.3) is 11.1 Å². The lowest BCUT2D eigenvalue weighted by Crippen LogP contribution is -2.17. The Balaban J connectivity index is 1.98. The Bertz CT molecular complexity index is 664. The number of fused-ring (bicyclic) bond motifs is 1. The molecule has 0 unspecified atom stereocenters. The highest BCUT2D eigenvalue weighted by Crippen LogP contribution is 2.29. The van der Waals surface area contributed by atoms with Crippen LogP contribution in [0.2, 0.25) is 0 Å². The van der Waals surface area contributed by atoms with Crippen LogP contribution in [0.3, 0.4) is 0 Å². The minimum absolute atomic E-state index is 0.106. The quantitative estimate of drug-likeness (QED) is 0.853. The molecule has 3 nitrogen and oxygen atoms in total. The van der Waals surface area contributed by atoms with Gasteiger partial charge in [-0.05, 0) is 47.9 Å². The van der Waals surface area contributed by atoms with Gasteiger partial charge in [0.25, 0.3) is 5.91 Å². The zero-order valence-corrected chi connectivity index (χ0v) is 11.7. The second-order valence-corrected chi connectivity index (χ2v) is 4.99. The van der Waals surface area contributed by atoms with Gasteiger partial charge >= 0.3 is 0 Å². The second kappa shape index (κ2) is 5.00. The molecule has 0 radical (unpaired) electrons. The third-order valence-electron chi connectivity index (χ3n) is 3.57. The molecule has 1 amide bonds. The fraction of sp³-hybridized carbons (Fsp3) is 0.235. The predicted octanol–water partition coefficient (Wildman–Crippen LogP) is 3.34. The maximum absolute atomic E-state index is 11.9. The molecule has 20 heavy (non-hydrogen) atoms. The lowest BCUT2D eigenvalue weighted by atomic mass is 10.0. The number of amides is 1. The van der Waals surface area contributed by atoms with Crippen LogP contribution in [-0.4, -0.2) is 24.5 Å². The Morgan fingerprint density at radius 3 is 2.75 bits per heavy atom. The van der Waals surface area contributed by atoms with E-state index in [2.05, 4.69) is 12.1 Å². The number of carbonyl (C=O) groups excluding carboxylic acids is 1. The first-order valence-corrected chi connectivity index (χ1v) is 6.80. The van der Waals surface area contributed by atoms with Gasteiger partial charge in [-0.1, -0.05) is 18.2 Å².